The lowest BCUT2D eigenvalue weighted by atomic mass is 10.1. The van der Waals surface area contributed by atoms with E-state index in [4.69, 9.17) is 21.1 Å². The number of nitrogens with one attached hydrogen (secondary N) is 1. The zero-order valence-electron chi connectivity index (χ0n) is 12.8. The number of anilines is 1. The van der Waals surface area contributed by atoms with Gasteiger partial charge in [0.15, 0.2) is 11.5 Å². The van der Waals surface area contributed by atoms with Gasteiger partial charge in [-0.2, -0.15) is 0 Å². The van der Waals surface area contributed by atoms with E-state index in [9.17, 15) is 4.79 Å². The molecule has 0 atom stereocenters. The van der Waals surface area contributed by atoms with Gasteiger partial charge in [-0.15, -0.1) is 10.2 Å². The molecule has 2 heterocycles. The average Bonchev–Trinajstić information content (AvgIpc) is 3.18. The van der Waals surface area contributed by atoms with Gasteiger partial charge >= 0.3 is 0 Å². The maximum absolute atomic E-state index is 12.4. The van der Waals surface area contributed by atoms with Gasteiger partial charge in [0.2, 0.25) is 11.9 Å². The second-order valence-corrected chi connectivity index (χ2v) is 6.52. The number of carbonyl (C=O) groups excluding carboxylic acids is 1. The molecule has 0 spiro atoms. The Bertz CT molecular complexity index is 731. The van der Waals surface area contributed by atoms with Crippen LogP contribution < -0.4 is 14.8 Å². The van der Waals surface area contributed by atoms with Gasteiger partial charge < -0.3 is 9.47 Å². The number of fused-ring (bicyclic) bond motifs is 1. The lowest BCUT2D eigenvalue weighted by Gasteiger charge is -2.06. The zero-order valence-corrected chi connectivity index (χ0v) is 14.3. The van der Waals surface area contributed by atoms with Gasteiger partial charge in [-0.05, 0) is 25.0 Å². The molecule has 3 rings (SSSR count). The Kier molecular flexibility index (Phi) is 4.68. The van der Waals surface area contributed by atoms with Crippen LogP contribution in [0.25, 0.3) is 0 Å². The molecule has 2 aromatic rings. The summed E-state index contributed by atoms with van der Waals surface area (Å²) >= 11 is 7.49. The summed E-state index contributed by atoms with van der Waals surface area (Å²) in [6, 6.07) is 3.15. The van der Waals surface area contributed by atoms with Crippen molar-refractivity contribution in [2.45, 2.75) is 32.6 Å². The van der Waals surface area contributed by atoms with Gasteiger partial charge in [0.05, 0.1) is 5.02 Å². The highest BCUT2D eigenvalue weighted by Gasteiger charge is 2.21. The molecular weight excluding hydrogens is 338 g/mol. The van der Waals surface area contributed by atoms with Crippen molar-refractivity contribution in [3.05, 3.63) is 27.7 Å². The quantitative estimate of drug-likeness (QED) is 0.876. The van der Waals surface area contributed by atoms with Crippen LogP contribution in [0.4, 0.5) is 5.13 Å². The molecule has 0 aliphatic carbocycles. The van der Waals surface area contributed by atoms with E-state index in [1.807, 2.05) is 0 Å². The summed E-state index contributed by atoms with van der Waals surface area (Å²) in [5.41, 5.74) is 0.388. The molecule has 1 aliphatic rings. The minimum absolute atomic E-state index is 0.106. The number of benzene rings is 1. The number of aromatic nitrogens is 2. The first-order chi connectivity index (χ1) is 11.1. The highest BCUT2D eigenvalue weighted by atomic mass is 35.5. The maximum atomic E-state index is 12.4. The molecule has 1 N–H and O–H groups in total. The Hall–Kier alpha value is -1.86. The molecule has 6 nitrogen and oxygen atoms in total. The standard InChI is InChI=1S/C15H16ClN3O3S/c1-3-8(4-2)14-18-19-15(23-14)17-13(20)9-5-10(16)12-11(6-9)21-7-22-12/h5-6,8H,3-4,7H2,1-2H3,(H,17,19,20). The number of nitrogens with zero attached hydrogens (tertiary/aromatic N) is 2. The molecular formula is C15H16ClN3O3S. The summed E-state index contributed by atoms with van der Waals surface area (Å²) in [5.74, 6) is 1.00. The van der Waals surface area contributed by atoms with Gasteiger partial charge in [-0.1, -0.05) is 36.8 Å². The molecule has 0 fully saturated rings. The van der Waals surface area contributed by atoms with Crippen molar-refractivity contribution in [2.75, 3.05) is 12.1 Å². The smallest absolute Gasteiger partial charge is 0.257 e. The predicted molar refractivity (Wildman–Crippen MR) is 88.8 cm³/mol. The van der Waals surface area contributed by atoms with Crippen LogP contribution in [0.15, 0.2) is 12.1 Å². The van der Waals surface area contributed by atoms with E-state index in [0.29, 0.717) is 33.1 Å². The van der Waals surface area contributed by atoms with E-state index >= 15 is 0 Å². The lowest BCUT2D eigenvalue weighted by Crippen LogP contribution is -2.11. The van der Waals surface area contributed by atoms with Gasteiger partial charge in [0.1, 0.15) is 5.01 Å². The Morgan fingerprint density at radius 2 is 2.13 bits per heavy atom. The summed E-state index contributed by atoms with van der Waals surface area (Å²) in [6.45, 7) is 4.33. The van der Waals surface area contributed by atoms with Crippen molar-refractivity contribution >= 4 is 34.0 Å². The molecule has 0 radical (unpaired) electrons. The third-order valence-corrected chi connectivity index (χ3v) is 4.97. The number of rotatable bonds is 5. The first kappa shape index (κ1) is 16.0. The van der Waals surface area contributed by atoms with Crippen molar-refractivity contribution in [2.24, 2.45) is 0 Å². The number of halogens is 1. The largest absolute Gasteiger partial charge is 0.454 e. The highest BCUT2D eigenvalue weighted by Crippen LogP contribution is 2.40. The first-order valence-electron chi connectivity index (χ1n) is 7.36. The fourth-order valence-electron chi connectivity index (χ4n) is 2.36. The van der Waals surface area contributed by atoms with Crippen molar-refractivity contribution < 1.29 is 14.3 Å². The van der Waals surface area contributed by atoms with Crippen LogP contribution in [0.1, 0.15) is 48.0 Å². The Balaban J connectivity index is 1.76. The van der Waals surface area contributed by atoms with Crippen LogP contribution >= 0.6 is 22.9 Å². The van der Waals surface area contributed by atoms with Crippen LogP contribution in [-0.2, 0) is 0 Å². The van der Waals surface area contributed by atoms with Crippen LogP contribution in [0, 0.1) is 0 Å². The Morgan fingerprint density at radius 1 is 1.35 bits per heavy atom. The molecule has 1 amide bonds. The van der Waals surface area contributed by atoms with Crippen molar-refractivity contribution in [3.8, 4) is 11.5 Å². The normalized spacial score (nSPS) is 12.7. The molecule has 1 aliphatic heterocycles. The molecule has 0 bridgehead atoms. The second kappa shape index (κ2) is 6.72. The monoisotopic (exact) mass is 353 g/mol. The Morgan fingerprint density at radius 3 is 2.87 bits per heavy atom. The van der Waals surface area contributed by atoms with Crippen molar-refractivity contribution in [1.29, 1.82) is 0 Å². The molecule has 1 aromatic heterocycles. The topological polar surface area (TPSA) is 73.3 Å². The summed E-state index contributed by atoms with van der Waals surface area (Å²) < 4.78 is 10.5. The summed E-state index contributed by atoms with van der Waals surface area (Å²) in [7, 11) is 0. The molecule has 1 aromatic carbocycles. The summed E-state index contributed by atoms with van der Waals surface area (Å²) in [5, 5.41) is 12.7. The molecule has 23 heavy (non-hydrogen) atoms. The molecule has 0 saturated heterocycles. The van der Waals surface area contributed by atoms with E-state index in [2.05, 4.69) is 29.4 Å². The maximum Gasteiger partial charge on any atom is 0.257 e. The van der Waals surface area contributed by atoms with Crippen LogP contribution in [0.5, 0.6) is 11.5 Å². The number of hydrogen-bond donors (Lipinski definition) is 1. The van der Waals surface area contributed by atoms with Gasteiger partial charge in [-0.25, -0.2) is 0 Å². The van der Waals surface area contributed by atoms with E-state index in [1.54, 1.807) is 12.1 Å². The fraction of sp³-hybridized carbons (Fsp3) is 0.400. The second-order valence-electron chi connectivity index (χ2n) is 5.10. The summed E-state index contributed by atoms with van der Waals surface area (Å²) in [6.07, 6.45) is 1.99. The Labute approximate surface area is 142 Å². The number of ether oxygens (including phenoxy) is 2. The van der Waals surface area contributed by atoms with E-state index < -0.39 is 0 Å². The molecule has 8 heteroatoms. The lowest BCUT2D eigenvalue weighted by molar-refractivity contribution is 0.102. The number of amides is 1. The first-order valence-corrected chi connectivity index (χ1v) is 8.55. The van der Waals surface area contributed by atoms with E-state index in [0.717, 1.165) is 17.8 Å². The third kappa shape index (κ3) is 3.25. The third-order valence-electron chi connectivity index (χ3n) is 3.69. The van der Waals surface area contributed by atoms with Crippen LogP contribution in [-0.4, -0.2) is 22.9 Å². The van der Waals surface area contributed by atoms with Crippen LogP contribution in [0.2, 0.25) is 5.02 Å². The van der Waals surface area contributed by atoms with Gasteiger partial charge in [0, 0.05) is 11.5 Å². The van der Waals surface area contributed by atoms with E-state index in [-0.39, 0.29) is 12.7 Å². The van der Waals surface area contributed by atoms with Crippen LogP contribution in [0.3, 0.4) is 0 Å². The molecule has 0 saturated carbocycles. The number of hydrogen-bond acceptors (Lipinski definition) is 6. The van der Waals surface area contributed by atoms with Crippen molar-refractivity contribution in [1.82, 2.24) is 10.2 Å². The molecule has 0 unspecified atom stereocenters. The van der Waals surface area contributed by atoms with E-state index in [1.165, 1.54) is 11.3 Å². The highest BCUT2D eigenvalue weighted by molar-refractivity contribution is 7.15. The van der Waals surface area contributed by atoms with Crippen molar-refractivity contribution in [3.63, 3.8) is 0 Å². The molecule has 122 valence electrons. The van der Waals surface area contributed by atoms with Gasteiger partial charge in [0.25, 0.3) is 5.91 Å². The minimum Gasteiger partial charge on any atom is -0.454 e. The fourth-order valence-corrected chi connectivity index (χ4v) is 3.63. The number of carbonyl (C=O) groups is 1. The summed E-state index contributed by atoms with van der Waals surface area (Å²) in [4.78, 5) is 12.4. The minimum atomic E-state index is -0.308. The van der Waals surface area contributed by atoms with Gasteiger partial charge in [-0.3, -0.25) is 10.1 Å². The predicted octanol–water partition coefficient (Wildman–Crippen LogP) is 4.08. The SMILES string of the molecule is CCC(CC)c1nnc(NC(=O)c2cc(Cl)c3c(c2)OCO3)s1. The zero-order chi connectivity index (χ0) is 16.4. The average molecular weight is 354 g/mol.